The van der Waals surface area contributed by atoms with Gasteiger partial charge >= 0.3 is 0 Å². The van der Waals surface area contributed by atoms with Gasteiger partial charge in [-0.05, 0) is 43.0 Å². The summed E-state index contributed by atoms with van der Waals surface area (Å²) in [6.45, 7) is 10.3. The van der Waals surface area contributed by atoms with Crippen LogP contribution in [-0.4, -0.2) is 26.3 Å². The standard InChI is InChI=1S/C16H28N2O/c1-4-10-18(11-13-19-12-9-14(2)3)16-7-5-15(17)6-8-16/h5-8,14H,4,9-13,17H2,1-3H3. The van der Waals surface area contributed by atoms with Crippen molar-refractivity contribution in [1.82, 2.24) is 0 Å². The first-order valence-electron chi connectivity index (χ1n) is 7.31. The van der Waals surface area contributed by atoms with Crippen molar-refractivity contribution >= 4 is 11.4 Å². The first-order chi connectivity index (χ1) is 9.13. The molecule has 2 N–H and O–H groups in total. The predicted molar refractivity (Wildman–Crippen MR) is 83.6 cm³/mol. The molecule has 0 fully saturated rings. The predicted octanol–water partition coefficient (Wildman–Crippen LogP) is 3.55. The third kappa shape index (κ3) is 6.48. The summed E-state index contributed by atoms with van der Waals surface area (Å²) in [6.07, 6.45) is 2.27. The van der Waals surface area contributed by atoms with Crippen LogP contribution in [0.2, 0.25) is 0 Å². The maximum Gasteiger partial charge on any atom is 0.0641 e. The van der Waals surface area contributed by atoms with Crippen LogP contribution in [0.25, 0.3) is 0 Å². The van der Waals surface area contributed by atoms with Crippen molar-refractivity contribution in [2.45, 2.75) is 33.6 Å². The van der Waals surface area contributed by atoms with Crippen LogP contribution in [0.15, 0.2) is 24.3 Å². The summed E-state index contributed by atoms with van der Waals surface area (Å²) in [7, 11) is 0. The van der Waals surface area contributed by atoms with Crippen molar-refractivity contribution in [3.63, 3.8) is 0 Å². The molecule has 0 atom stereocenters. The average Bonchev–Trinajstić information content (AvgIpc) is 2.38. The zero-order valence-electron chi connectivity index (χ0n) is 12.6. The molecular formula is C16H28N2O. The lowest BCUT2D eigenvalue weighted by atomic mass is 10.1. The van der Waals surface area contributed by atoms with E-state index in [2.05, 4.69) is 37.8 Å². The number of benzene rings is 1. The Labute approximate surface area is 117 Å². The zero-order valence-corrected chi connectivity index (χ0v) is 12.6. The molecule has 108 valence electrons. The van der Waals surface area contributed by atoms with E-state index in [1.165, 1.54) is 5.69 Å². The van der Waals surface area contributed by atoms with Crippen molar-refractivity contribution in [3.8, 4) is 0 Å². The molecule has 3 nitrogen and oxygen atoms in total. The lowest BCUT2D eigenvalue weighted by molar-refractivity contribution is 0.129. The second-order valence-electron chi connectivity index (χ2n) is 5.37. The van der Waals surface area contributed by atoms with E-state index in [-0.39, 0.29) is 0 Å². The fraction of sp³-hybridized carbons (Fsp3) is 0.625. The number of hydrogen-bond donors (Lipinski definition) is 1. The Balaban J connectivity index is 2.38. The summed E-state index contributed by atoms with van der Waals surface area (Å²) in [5.41, 5.74) is 7.76. The second kappa shape index (κ2) is 8.81. The number of ether oxygens (including phenoxy) is 1. The molecule has 19 heavy (non-hydrogen) atoms. The molecule has 0 saturated carbocycles. The number of hydrogen-bond acceptors (Lipinski definition) is 3. The van der Waals surface area contributed by atoms with Crippen molar-refractivity contribution in [1.29, 1.82) is 0 Å². The van der Waals surface area contributed by atoms with Gasteiger partial charge in [0.25, 0.3) is 0 Å². The average molecular weight is 264 g/mol. The Hall–Kier alpha value is -1.22. The van der Waals surface area contributed by atoms with Crippen LogP contribution in [0.3, 0.4) is 0 Å². The minimum Gasteiger partial charge on any atom is -0.399 e. The van der Waals surface area contributed by atoms with E-state index in [1.54, 1.807) is 0 Å². The van der Waals surface area contributed by atoms with Crippen LogP contribution in [0.4, 0.5) is 11.4 Å². The van der Waals surface area contributed by atoms with Crippen LogP contribution in [-0.2, 0) is 4.74 Å². The van der Waals surface area contributed by atoms with Gasteiger partial charge in [-0.15, -0.1) is 0 Å². The molecule has 0 aromatic heterocycles. The molecule has 0 bridgehead atoms. The van der Waals surface area contributed by atoms with E-state index >= 15 is 0 Å². The quantitative estimate of drug-likeness (QED) is 0.547. The monoisotopic (exact) mass is 264 g/mol. The molecular weight excluding hydrogens is 236 g/mol. The molecule has 0 aliphatic carbocycles. The van der Waals surface area contributed by atoms with Crippen molar-refractivity contribution < 1.29 is 4.74 Å². The first kappa shape index (κ1) is 15.8. The van der Waals surface area contributed by atoms with E-state index in [0.717, 1.165) is 44.8 Å². The maximum atomic E-state index is 5.73. The SMILES string of the molecule is CCCN(CCOCCC(C)C)c1ccc(N)cc1. The lowest BCUT2D eigenvalue weighted by Crippen LogP contribution is -2.28. The topological polar surface area (TPSA) is 38.5 Å². The Morgan fingerprint density at radius 2 is 1.79 bits per heavy atom. The summed E-state index contributed by atoms with van der Waals surface area (Å²) < 4.78 is 5.70. The minimum atomic E-state index is 0.712. The summed E-state index contributed by atoms with van der Waals surface area (Å²) in [5.74, 6) is 0.712. The molecule has 0 unspecified atom stereocenters. The van der Waals surface area contributed by atoms with E-state index in [9.17, 15) is 0 Å². The minimum absolute atomic E-state index is 0.712. The van der Waals surface area contributed by atoms with Crippen molar-refractivity contribution in [3.05, 3.63) is 24.3 Å². The van der Waals surface area contributed by atoms with Gasteiger partial charge in [0.2, 0.25) is 0 Å². The number of nitrogens with two attached hydrogens (primary N) is 1. The highest BCUT2D eigenvalue weighted by Gasteiger charge is 2.05. The highest BCUT2D eigenvalue weighted by Crippen LogP contribution is 2.16. The molecule has 0 heterocycles. The Kier molecular flexibility index (Phi) is 7.34. The highest BCUT2D eigenvalue weighted by atomic mass is 16.5. The zero-order chi connectivity index (χ0) is 14.1. The van der Waals surface area contributed by atoms with Gasteiger partial charge in [0.1, 0.15) is 0 Å². The maximum absolute atomic E-state index is 5.73. The first-order valence-corrected chi connectivity index (χ1v) is 7.31. The Morgan fingerprint density at radius 3 is 2.37 bits per heavy atom. The summed E-state index contributed by atoms with van der Waals surface area (Å²) in [5, 5.41) is 0. The Bertz CT molecular complexity index is 335. The molecule has 3 heteroatoms. The second-order valence-corrected chi connectivity index (χ2v) is 5.37. The fourth-order valence-corrected chi connectivity index (χ4v) is 1.92. The molecule has 1 rings (SSSR count). The van der Waals surface area contributed by atoms with Crippen LogP contribution < -0.4 is 10.6 Å². The molecule has 0 saturated heterocycles. The third-order valence-corrected chi connectivity index (χ3v) is 3.10. The van der Waals surface area contributed by atoms with E-state index in [4.69, 9.17) is 10.5 Å². The number of nitrogen functional groups attached to an aromatic ring is 1. The van der Waals surface area contributed by atoms with Gasteiger partial charge < -0.3 is 15.4 Å². The van der Waals surface area contributed by atoms with Gasteiger partial charge in [-0.2, -0.15) is 0 Å². The summed E-state index contributed by atoms with van der Waals surface area (Å²) in [6, 6.07) is 8.08. The molecule has 0 amide bonds. The normalized spacial score (nSPS) is 10.9. The van der Waals surface area contributed by atoms with E-state index < -0.39 is 0 Å². The van der Waals surface area contributed by atoms with E-state index in [1.807, 2.05) is 12.1 Å². The summed E-state index contributed by atoms with van der Waals surface area (Å²) >= 11 is 0. The largest absolute Gasteiger partial charge is 0.399 e. The van der Waals surface area contributed by atoms with Gasteiger partial charge in [-0.25, -0.2) is 0 Å². The molecule has 0 radical (unpaired) electrons. The molecule has 0 aliphatic heterocycles. The summed E-state index contributed by atoms with van der Waals surface area (Å²) in [4.78, 5) is 2.36. The molecule has 1 aromatic carbocycles. The van der Waals surface area contributed by atoms with Gasteiger partial charge in [-0.1, -0.05) is 20.8 Å². The van der Waals surface area contributed by atoms with Crippen LogP contribution in [0, 0.1) is 5.92 Å². The van der Waals surface area contributed by atoms with Gasteiger partial charge in [0.15, 0.2) is 0 Å². The van der Waals surface area contributed by atoms with Crippen molar-refractivity contribution in [2.75, 3.05) is 36.9 Å². The molecule has 1 aromatic rings. The van der Waals surface area contributed by atoms with Crippen LogP contribution in [0.1, 0.15) is 33.6 Å². The van der Waals surface area contributed by atoms with Crippen LogP contribution in [0.5, 0.6) is 0 Å². The Morgan fingerprint density at radius 1 is 1.11 bits per heavy atom. The number of rotatable bonds is 9. The smallest absolute Gasteiger partial charge is 0.0641 e. The highest BCUT2D eigenvalue weighted by molar-refractivity contribution is 5.53. The van der Waals surface area contributed by atoms with Crippen LogP contribution >= 0.6 is 0 Å². The number of nitrogens with zero attached hydrogens (tertiary/aromatic N) is 1. The van der Waals surface area contributed by atoms with E-state index in [0.29, 0.717) is 5.92 Å². The van der Waals surface area contributed by atoms with Gasteiger partial charge in [0.05, 0.1) is 6.61 Å². The van der Waals surface area contributed by atoms with Gasteiger partial charge in [0, 0.05) is 31.1 Å². The number of anilines is 2. The fourth-order valence-electron chi connectivity index (χ4n) is 1.92. The third-order valence-electron chi connectivity index (χ3n) is 3.10. The van der Waals surface area contributed by atoms with Gasteiger partial charge in [-0.3, -0.25) is 0 Å². The van der Waals surface area contributed by atoms with Crippen molar-refractivity contribution in [2.24, 2.45) is 5.92 Å². The lowest BCUT2D eigenvalue weighted by Gasteiger charge is -2.24. The molecule has 0 aliphatic rings. The molecule has 0 spiro atoms.